The van der Waals surface area contributed by atoms with E-state index >= 15 is 0 Å². The number of hydrogen-bond acceptors (Lipinski definition) is 4. The first-order chi connectivity index (χ1) is 11.1. The molecule has 0 heterocycles. The zero-order chi connectivity index (χ0) is 17.1. The van der Waals surface area contributed by atoms with Crippen molar-refractivity contribution in [3.63, 3.8) is 0 Å². The van der Waals surface area contributed by atoms with Crippen molar-refractivity contribution in [3.8, 4) is 0 Å². The quantitative estimate of drug-likeness (QED) is 0.158. The molecule has 23 heavy (non-hydrogen) atoms. The van der Waals surface area contributed by atoms with Crippen LogP contribution in [0.3, 0.4) is 0 Å². The lowest BCUT2D eigenvalue weighted by Gasteiger charge is -2.09. The van der Waals surface area contributed by atoms with E-state index in [1.54, 1.807) is 25.2 Å². The number of alkyl halides is 1. The van der Waals surface area contributed by atoms with Gasteiger partial charge in [0.1, 0.15) is 11.5 Å². The lowest BCUT2D eigenvalue weighted by atomic mass is 10.2. The minimum Gasteiger partial charge on any atom is -0.465 e. The summed E-state index contributed by atoms with van der Waals surface area (Å²) in [6.45, 7) is 3.81. The average Bonchev–Trinajstić information content (AvgIpc) is 2.55. The van der Waals surface area contributed by atoms with E-state index in [2.05, 4.69) is 22.0 Å². The predicted octanol–water partition coefficient (Wildman–Crippen LogP) is 4.15. The van der Waals surface area contributed by atoms with Gasteiger partial charge in [0.25, 0.3) is 0 Å². The van der Waals surface area contributed by atoms with Crippen LogP contribution in [0.1, 0.15) is 26.7 Å². The maximum Gasteiger partial charge on any atom is 0.327 e. The smallest absolute Gasteiger partial charge is 0.327 e. The van der Waals surface area contributed by atoms with E-state index in [-0.39, 0.29) is 12.4 Å². The summed E-state index contributed by atoms with van der Waals surface area (Å²) in [5, 5.41) is 0. The summed E-state index contributed by atoms with van der Waals surface area (Å²) in [6, 6.07) is 0. The van der Waals surface area contributed by atoms with E-state index in [0.717, 1.165) is 18.6 Å². The van der Waals surface area contributed by atoms with Gasteiger partial charge in [-0.15, -0.1) is 0 Å². The molecule has 0 N–H and O–H groups in total. The number of allylic oxidation sites excluding steroid dienone is 8. The van der Waals surface area contributed by atoms with Crippen LogP contribution in [-0.4, -0.2) is 23.2 Å². The van der Waals surface area contributed by atoms with Crippen LogP contribution in [-0.2, 0) is 19.1 Å². The van der Waals surface area contributed by atoms with E-state index in [4.69, 9.17) is 9.47 Å². The van der Waals surface area contributed by atoms with Crippen LogP contribution in [0.25, 0.3) is 0 Å². The number of hydrogen-bond donors (Lipinski definition) is 0. The van der Waals surface area contributed by atoms with Gasteiger partial charge in [-0.2, -0.15) is 0 Å². The lowest BCUT2D eigenvalue weighted by molar-refractivity contribution is -0.143. The fraction of sp³-hybridized carbons (Fsp3) is 0.333. The highest BCUT2D eigenvalue weighted by Gasteiger charge is 2.22. The van der Waals surface area contributed by atoms with Crippen LogP contribution in [0.15, 0.2) is 60.1 Å². The number of halogens is 1. The van der Waals surface area contributed by atoms with Crippen molar-refractivity contribution in [2.75, 3.05) is 6.61 Å². The van der Waals surface area contributed by atoms with Crippen LogP contribution in [0.5, 0.6) is 0 Å². The van der Waals surface area contributed by atoms with Gasteiger partial charge in [-0.25, -0.2) is 0 Å². The fourth-order valence-corrected chi connectivity index (χ4v) is 2.03. The van der Waals surface area contributed by atoms with Crippen LogP contribution in [0.4, 0.5) is 0 Å². The summed E-state index contributed by atoms with van der Waals surface area (Å²) in [5.74, 6) is 0.423. The highest BCUT2D eigenvalue weighted by Crippen LogP contribution is 2.15. The Morgan fingerprint density at radius 1 is 1.35 bits per heavy atom. The summed E-state index contributed by atoms with van der Waals surface area (Å²) >= 11 is 3.03. The Morgan fingerprint density at radius 2 is 2.13 bits per heavy atom. The Kier molecular flexibility index (Phi) is 8.98. The fourth-order valence-electron chi connectivity index (χ4n) is 1.74. The lowest BCUT2D eigenvalue weighted by Crippen LogP contribution is -2.24. The Bertz CT molecular complexity index is 568. The summed E-state index contributed by atoms with van der Waals surface area (Å²) in [5.41, 5.74) is 0. The highest BCUT2D eigenvalue weighted by molar-refractivity contribution is 9.10. The molecule has 0 fully saturated rings. The summed E-state index contributed by atoms with van der Waals surface area (Å²) < 4.78 is 10.5. The third kappa shape index (κ3) is 7.28. The van der Waals surface area contributed by atoms with Gasteiger partial charge in [0.15, 0.2) is 10.6 Å². The zero-order valence-electron chi connectivity index (χ0n) is 13.3. The number of carbonyl (C=O) groups is 2. The van der Waals surface area contributed by atoms with E-state index in [1.807, 2.05) is 25.2 Å². The molecular weight excluding hydrogens is 360 g/mol. The molecule has 1 atom stereocenters. The summed E-state index contributed by atoms with van der Waals surface area (Å²) in [7, 11) is 0. The average molecular weight is 381 g/mol. The molecule has 124 valence electrons. The van der Waals surface area contributed by atoms with Gasteiger partial charge >= 0.3 is 5.97 Å². The van der Waals surface area contributed by atoms with Crippen LogP contribution < -0.4 is 0 Å². The molecule has 0 saturated carbocycles. The second-order valence-electron chi connectivity index (χ2n) is 4.63. The molecule has 0 spiro atoms. The third-order valence-electron chi connectivity index (χ3n) is 2.79. The Morgan fingerprint density at radius 3 is 2.74 bits per heavy atom. The summed E-state index contributed by atoms with van der Waals surface area (Å²) in [4.78, 5) is 22.3. The number of ketones is 1. The van der Waals surface area contributed by atoms with Crippen molar-refractivity contribution in [1.29, 1.82) is 0 Å². The first kappa shape index (κ1) is 19.2. The normalized spacial score (nSPS) is 16.5. The Labute approximate surface area is 145 Å². The van der Waals surface area contributed by atoms with E-state index in [1.165, 1.54) is 6.08 Å². The number of rotatable bonds is 8. The van der Waals surface area contributed by atoms with Crippen LogP contribution in [0.2, 0.25) is 0 Å². The van der Waals surface area contributed by atoms with Gasteiger partial charge in [-0.1, -0.05) is 34.2 Å². The monoisotopic (exact) mass is 380 g/mol. The Balaban J connectivity index is 2.69. The van der Waals surface area contributed by atoms with Gasteiger partial charge in [-0.05, 0) is 57.1 Å². The first-order valence-electron chi connectivity index (χ1n) is 7.48. The molecule has 1 rings (SSSR count). The molecular formula is C18H21BrO4. The molecule has 0 amide bonds. The van der Waals surface area contributed by atoms with Crippen molar-refractivity contribution in [1.82, 2.24) is 0 Å². The predicted molar refractivity (Wildman–Crippen MR) is 93.9 cm³/mol. The van der Waals surface area contributed by atoms with Crippen LogP contribution in [0, 0.1) is 0 Å². The second kappa shape index (κ2) is 10.8. The first-order valence-corrected chi connectivity index (χ1v) is 8.40. The molecule has 0 radical (unpaired) electrons. The molecule has 1 aliphatic rings. The second-order valence-corrected chi connectivity index (χ2v) is 5.55. The molecule has 4 nitrogen and oxygen atoms in total. The van der Waals surface area contributed by atoms with Crippen molar-refractivity contribution in [2.24, 2.45) is 0 Å². The maximum atomic E-state index is 11.8. The van der Waals surface area contributed by atoms with Crippen molar-refractivity contribution >= 4 is 27.7 Å². The van der Waals surface area contributed by atoms with E-state index in [9.17, 15) is 9.59 Å². The van der Waals surface area contributed by atoms with Gasteiger partial charge in [0, 0.05) is 0 Å². The molecule has 0 aromatic carbocycles. The minimum atomic E-state index is -0.984. The topological polar surface area (TPSA) is 52.6 Å². The standard InChI is InChI=1S/C18H21BrO4/c1-3-9-14(23-15-10-6-5-7-11-15)12-8-13-16(20)17(19)18(21)22-4-2/h3,6,8-13,17H,4-5,7H2,1-2H3/b9-3-,13-8+,14-12+. The molecule has 0 saturated heterocycles. The summed E-state index contributed by atoms with van der Waals surface area (Å²) in [6.07, 6.45) is 16.1. The molecule has 0 bridgehead atoms. The van der Waals surface area contributed by atoms with Gasteiger partial charge in [-0.3, -0.25) is 9.59 Å². The van der Waals surface area contributed by atoms with Gasteiger partial charge < -0.3 is 9.47 Å². The molecule has 1 aliphatic carbocycles. The van der Waals surface area contributed by atoms with E-state index < -0.39 is 10.8 Å². The molecule has 5 heteroatoms. The number of carbonyl (C=O) groups excluding carboxylic acids is 2. The zero-order valence-corrected chi connectivity index (χ0v) is 14.9. The molecule has 0 aliphatic heterocycles. The van der Waals surface area contributed by atoms with Crippen molar-refractivity contribution < 1.29 is 19.1 Å². The molecule has 0 aromatic rings. The number of ether oxygens (including phenoxy) is 2. The minimum absolute atomic E-state index is 0.236. The van der Waals surface area contributed by atoms with Gasteiger partial charge in [0.05, 0.1) is 6.61 Å². The number of esters is 1. The SMILES string of the molecule is C\C=C/C(=C\C=C\C(=O)C(Br)C(=O)OCC)OC1=CCCC=C1. The highest BCUT2D eigenvalue weighted by atomic mass is 79.9. The molecule has 1 unspecified atom stereocenters. The van der Waals surface area contributed by atoms with Crippen molar-refractivity contribution in [3.05, 3.63) is 60.1 Å². The molecule has 0 aromatic heterocycles. The van der Waals surface area contributed by atoms with E-state index in [0.29, 0.717) is 5.76 Å². The third-order valence-corrected chi connectivity index (χ3v) is 3.62. The largest absolute Gasteiger partial charge is 0.465 e. The van der Waals surface area contributed by atoms with Gasteiger partial charge in [0.2, 0.25) is 0 Å². The van der Waals surface area contributed by atoms with Crippen LogP contribution >= 0.6 is 15.9 Å². The maximum absolute atomic E-state index is 11.8. The Hall–Kier alpha value is -1.88. The van der Waals surface area contributed by atoms with Crippen molar-refractivity contribution in [2.45, 2.75) is 31.5 Å².